The van der Waals surface area contributed by atoms with Gasteiger partial charge in [-0.15, -0.1) is 0 Å². The van der Waals surface area contributed by atoms with E-state index in [0.717, 1.165) is 3.57 Å². The molecule has 4 nitrogen and oxygen atoms in total. The molecule has 5 heteroatoms. The Morgan fingerprint density at radius 3 is 2.69 bits per heavy atom. The van der Waals surface area contributed by atoms with Crippen molar-refractivity contribution in [3.05, 3.63) is 27.3 Å². The van der Waals surface area contributed by atoms with Crippen LogP contribution in [0.4, 0.5) is 0 Å². The molecule has 1 aliphatic rings. The summed E-state index contributed by atoms with van der Waals surface area (Å²) < 4.78 is 0.894. The number of β-amino-alcohol motifs (C(OH)–C–C–N with tert-alkyl or cyclic N) is 1. The summed E-state index contributed by atoms with van der Waals surface area (Å²) in [6.07, 6.45) is 0. The van der Waals surface area contributed by atoms with Crippen LogP contribution in [0.15, 0.2) is 18.2 Å². The van der Waals surface area contributed by atoms with Crippen LogP contribution in [-0.2, 0) is 0 Å². The second-order valence-electron chi connectivity index (χ2n) is 4.32. The van der Waals surface area contributed by atoms with Crippen molar-refractivity contribution in [2.24, 2.45) is 0 Å². The van der Waals surface area contributed by atoms with Crippen LogP contribution in [0.5, 0.6) is 5.75 Å². The Balaban J connectivity index is 2.19. The first-order valence-corrected chi connectivity index (χ1v) is 5.97. The molecule has 16 heavy (non-hydrogen) atoms. The normalized spacial score (nSPS) is 18.1. The van der Waals surface area contributed by atoms with Gasteiger partial charge in [0.1, 0.15) is 5.75 Å². The van der Waals surface area contributed by atoms with Gasteiger partial charge < -0.3 is 15.1 Å². The average molecular weight is 333 g/mol. The van der Waals surface area contributed by atoms with E-state index in [9.17, 15) is 15.0 Å². The number of amides is 1. The van der Waals surface area contributed by atoms with E-state index >= 15 is 0 Å². The molecule has 86 valence electrons. The van der Waals surface area contributed by atoms with E-state index in [4.69, 9.17) is 0 Å². The zero-order valence-electron chi connectivity index (χ0n) is 8.77. The van der Waals surface area contributed by atoms with E-state index in [2.05, 4.69) is 22.6 Å². The zero-order chi connectivity index (χ0) is 11.9. The SMILES string of the molecule is CC1(O)CN(C(=O)c2cc(I)ccc2O)C1. The summed E-state index contributed by atoms with van der Waals surface area (Å²) in [5, 5.41) is 19.1. The highest BCUT2D eigenvalue weighted by Gasteiger charge is 2.40. The molecular formula is C11H12INO3. The summed E-state index contributed by atoms with van der Waals surface area (Å²) >= 11 is 2.08. The van der Waals surface area contributed by atoms with Gasteiger partial charge in [0.15, 0.2) is 0 Å². The molecular weight excluding hydrogens is 321 g/mol. The number of nitrogens with zero attached hydrogens (tertiary/aromatic N) is 1. The third-order valence-electron chi connectivity index (χ3n) is 2.54. The number of aromatic hydroxyl groups is 1. The Labute approximate surface area is 107 Å². The molecule has 1 aromatic rings. The van der Waals surface area contributed by atoms with Crippen molar-refractivity contribution in [1.29, 1.82) is 0 Å². The molecule has 0 spiro atoms. The first kappa shape index (κ1) is 11.7. The molecule has 1 saturated heterocycles. The van der Waals surface area contributed by atoms with Crippen LogP contribution in [0, 0.1) is 3.57 Å². The van der Waals surface area contributed by atoms with Crippen molar-refractivity contribution in [1.82, 2.24) is 4.90 Å². The maximum absolute atomic E-state index is 11.9. The Morgan fingerprint density at radius 1 is 1.50 bits per heavy atom. The van der Waals surface area contributed by atoms with Gasteiger partial charge in [0.05, 0.1) is 24.3 Å². The number of rotatable bonds is 1. The smallest absolute Gasteiger partial charge is 0.257 e. The second kappa shape index (κ2) is 3.89. The van der Waals surface area contributed by atoms with Crippen LogP contribution >= 0.6 is 22.6 Å². The molecule has 2 N–H and O–H groups in total. The van der Waals surface area contributed by atoms with Gasteiger partial charge in [0, 0.05) is 3.57 Å². The minimum Gasteiger partial charge on any atom is -0.507 e. The summed E-state index contributed by atoms with van der Waals surface area (Å²) in [7, 11) is 0. The summed E-state index contributed by atoms with van der Waals surface area (Å²) in [4.78, 5) is 13.5. The molecule has 0 saturated carbocycles. The van der Waals surface area contributed by atoms with Gasteiger partial charge in [-0.05, 0) is 47.7 Å². The molecule has 1 amide bonds. The quantitative estimate of drug-likeness (QED) is 0.760. The van der Waals surface area contributed by atoms with Crippen LogP contribution in [-0.4, -0.2) is 39.7 Å². The van der Waals surface area contributed by atoms with Crippen molar-refractivity contribution < 1.29 is 15.0 Å². The van der Waals surface area contributed by atoms with Crippen LogP contribution in [0.25, 0.3) is 0 Å². The van der Waals surface area contributed by atoms with Crippen molar-refractivity contribution >= 4 is 28.5 Å². The lowest BCUT2D eigenvalue weighted by molar-refractivity contribution is -0.0669. The third kappa shape index (κ3) is 2.15. The lowest BCUT2D eigenvalue weighted by atomic mass is 9.96. The van der Waals surface area contributed by atoms with E-state index in [0.29, 0.717) is 18.7 Å². The molecule has 0 radical (unpaired) electrons. The number of carbonyl (C=O) groups excluding carboxylic acids is 1. The van der Waals surface area contributed by atoms with Gasteiger partial charge >= 0.3 is 0 Å². The van der Waals surface area contributed by atoms with Gasteiger partial charge in [-0.2, -0.15) is 0 Å². The summed E-state index contributed by atoms with van der Waals surface area (Å²) in [6.45, 7) is 2.32. The van der Waals surface area contributed by atoms with E-state index in [1.807, 2.05) is 0 Å². The van der Waals surface area contributed by atoms with Gasteiger partial charge in [-0.1, -0.05) is 0 Å². The maximum Gasteiger partial charge on any atom is 0.257 e. The maximum atomic E-state index is 11.9. The van der Waals surface area contributed by atoms with Crippen LogP contribution in [0.2, 0.25) is 0 Å². The minimum absolute atomic E-state index is 0.0167. The Bertz CT molecular complexity index is 437. The molecule has 1 aliphatic heterocycles. The molecule has 1 aromatic carbocycles. The molecule has 0 bridgehead atoms. The Morgan fingerprint density at radius 2 is 2.12 bits per heavy atom. The van der Waals surface area contributed by atoms with E-state index in [1.165, 1.54) is 11.0 Å². The number of phenols is 1. The molecule has 0 aromatic heterocycles. The number of benzene rings is 1. The minimum atomic E-state index is -0.785. The number of carbonyl (C=O) groups is 1. The first-order valence-electron chi connectivity index (χ1n) is 4.89. The molecule has 0 atom stereocenters. The van der Waals surface area contributed by atoms with Crippen LogP contribution in [0.1, 0.15) is 17.3 Å². The number of hydrogen-bond acceptors (Lipinski definition) is 3. The van der Waals surface area contributed by atoms with Crippen molar-refractivity contribution in [2.45, 2.75) is 12.5 Å². The van der Waals surface area contributed by atoms with Crippen molar-refractivity contribution in [2.75, 3.05) is 13.1 Å². The highest BCUT2D eigenvalue weighted by atomic mass is 127. The fourth-order valence-corrected chi connectivity index (χ4v) is 2.26. The summed E-state index contributed by atoms with van der Waals surface area (Å²) in [6, 6.07) is 4.89. The largest absolute Gasteiger partial charge is 0.507 e. The summed E-state index contributed by atoms with van der Waals surface area (Å²) in [5.74, 6) is -0.250. The highest BCUT2D eigenvalue weighted by molar-refractivity contribution is 14.1. The Kier molecular flexibility index (Phi) is 2.83. The first-order chi connectivity index (χ1) is 7.39. The molecule has 2 rings (SSSR count). The number of hydrogen-bond donors (Lipinski definition) is 2. The highest BCUT2D eigenvalue weighted by Crippen LogP contribution is 2.26. The van der Waals surface area contributed by atoms with Gasteiger partial charge in [0.25, 0.3) is 5.91 Å². The third-order valence-corrected chi connectivity index (χ3v) is 3.21. The topological polar surface area (TPSA) is 60.8 Å². The molecule has 0 aliphatic carbocycles. The number of aliphatic hydroxyl groups is 1. The summed E-state index contributed by atoms with van der Waals surface area (Å²) in [5.41, 5.74) is -0.491. The lowest BCUT2D eigenvalue weighted by Gasteiger charge is -2.44. The van der Waals surface area contributed by atoms with Crippen LogP contribution in [0.3, 0.4) is 0 Å². The predicted molar refractivity (Wildman–Crippen MR) is 67.4 cm³/mol. The molecule has 1 fully saturated rings. The fraction of sp³-hybridized carbons (Fsp3) is 0.364. The lowest BCUT2D eigenvalue weighted by Crippen LogP contribution is -2.61. The van der Waals surface area contributed by atoms with Gasteiger partial charge in [0.2, 0.25) is 0 Å². The van der Waals surface area contributed by atoms with E-state index < -0.39 is 5.60 Å². The van der Waals surface area contributed by atoms with Crippen LogP contribution < -0.4 is 0 Å². The van der Waals surface area contributed by atoms with Crippen molar-refractivity contribution in [3.63, 3.8) is 0 Å². The molecule has 1 heterocycles. The standard InChI is InChI=1S/C11H12INO3/c1-11(16)5-13(6-11)10(15)8-4-7(12)2-3-9(8)14/h2-4,14,16H,5-6H2,1H3. The predicted octanol–water partition coefficient (Wildman–Crippen LogP) is 1.20. The van der Waals surface area contributed by atoms with E-state index in [-0.39, 0.29) is 11.7 Å². The Hall–Kier alpha value is -0.820. The molecule has 0 unspecified atom stereocenters. The fourth-order valence-electron chi connectivity index (χ4n) is 1.77. The number of likely N-dealkylation sites (tertiary alicyclic amines) is 1. The van der Waals surface area contributed by atoms with E-state index in [1.54, 1.807) is 19.1 Å². The number of halogens is 1. The van der Waals surface area contributed by atoms with Gasteiger partial charge in [-0.25, -0.2) is 0 Å². The second-order valence-corrected chi connectivity index (χ2v) is 5.57. The number of phenolic OH excluding ortho intramolecular Hbond substituents is 1. The van der Waals surface area contributed by atoms with Crippen molar-refractivity contribution in [3.8, 4) is 5.75 Å². The monoisotopic (exact) mass is 333 g/mol. The zero-order valence-corrected chi connectivity index (χ0v) is 10.9. The average Bonchev–Trinajstić information content (AvgIpc) is 2.17. The van der Waals surface area contributed by atoms with Gasteiger partial charge in [-0.3, -0.25) is 4.79 Å².